The van der Waals surface area contributed by atoms with Gasteiger partial charge in [-0.2, -0.15) is 10.0 Å². The molecule has 0 aromatic rings. The predicted octanol–water partition coefficient (Wildman–Crippen LogP) is -0.968. The standard InChI is InChI=1S/C6H13NO5/c1-3-11-6(8)4-5(2)12-7(9)10/h5,7,9H,3-4H2,1-2H3. The number of ether oxygens (including phenoxy) is 1. The van der Waals surface area contributed by atoms with Gasteiger partial charge < -0.3 is 9.94 Å². The summed E-state index contributed by atoms with van der Waals surface area (Å²) in [7, 11) is 0. The maximum absolute atomic E-state index is 10.7. The second kappa shape index (κ2) is 5.90. The first kappa shape index (κ1) is 11.3. The smallest absolute Gasteiger partial charge is 0.308 e. The van der Waals surface area contributed by atoms with Crippen molar-refractivity contribution in [3.8, 4) is 0 Å². The van der Waals surface area contributed by atoms with Crippen LogP contribution in [0, 0.1) is 5.21 Å². The molecule has 12 heavy (non-hydrogen) atoms. The van der Waals surface area contributed by atoms with Crippen molar-refractivity contribution in [2.24, 2.45) is 0 Å². The van der Waals surface area contributed by atoms with Gasteiger partial charge in [-0.3, -0.25) is 4.79 Å². The van der Waals surface area contributed by atoms with Gasteiger partial charge in [0.1, 0.15) is 6.10 Å². The van der Waals surface area contributed by atoms with Gasteiger partial charge in [-0.15, -0.1) is 0 Å². The van der Waals surface area contributed by atoms with Crippen molar-refractivity contribution < 1.29 is 25.0 Å². The van der Waals surface area contributed by atoms with Crippen molar-refractivity contribution in [1.29, 1.82) is 0 Å². The van der Waals surface area contributed by atoms with Crippen LogP contribution in [0.2, 0.25) is 0 Å². The Bertz CT molecular complexity index is 138. The first-order valence-corrected chi connectivity index (χ1v) is 3.61. The van der Waals surface area contributed by atoms with Crippen molar-refractivity contribution in [1.82, 2.24) is 0 Å². The van der Waals surface area contributed by atoms with Gasteiger partial charge >= 0.3 is 5.97 Å². The van der Waals surface area contributed by atoms with E-state index in [1.54, 1.807) is 6.92 Å². The molecule has 0 aromatic carbocycles. The molecular formula is C6H13NO5. The van der Waals surface area contributed by atoms with Crippen LogP contribution >= 0.6 is 0 Å². The van der Waals surface area contributed by atoms with Crippen molar-refractivity contribution in [2.45, 2.75) is 26.4 Å². The van der Waals surface area contributed by atoms with Gasteiger partial charge in [-0.25, -0.2) is 0 Å². The molecule has 0 rings (SSSR count). The lowest BCUT2D eigenvalue weighted by Gasteiger charge is -2.15. The molecule has 0 aromatic heterocycles. The van der Waals surface area contributed by atoms with Crippen molar-refractivity contribution in [3.05, 3.63) is 5.21 Å². The lowest BCUT2D eigenvalue weighted by Crippen LogP contribution is -3.04. The highest BCUT2D eigenvalue weighted by Crippen LogP contribution is 1.95. The largest absolute Gasteiger partial charge is 0.566 e. The summed E-state index contributed by atoms with van der Waals surface area (Å²) in [5.74, 6) is -0.453. The van der Waals surface area contributed by atoms with E-state index in [0.29, 0.717) is 6.61 Å². The summed E-state index contributed by atoms with van der Waals surface area (Å²) in [6.07, 6.45) is -0.693. The zero-order valence-corrected chi connectivity index (χ0v) is 7.07. The number of hydrogen-bond donors (Lipinski definition) is 2. The molecule has 6 nitrogen and oxygen atoms in total. The first-order chi connectivity index (χ1) is 5.56. The molecule has 2 atom stereocenters. The number of esters is 1. The molecular weight excluding hydrogens is 166 g/mol. The van der Waals surface area contributed by atoms with Gasteiger partial charge in [0, 0.05) is 0 Å². The maximum atomic E-state index is 10.7. The van der Waals surface area contributed by atoms with Crippen LogP contribution < -0.4 is 5.39 Å². The summed E-state index contributed by atoms with van der Waals surface area (Å²) in [5.41, 5.74) is 0. The molecule has 0 saturated heterocycles. The second-order valence-electron chi connectivity index (χ2n) is 2.20. The molecule has 0 saturated carbocycles. The Hall–Kier alpha value is -0.690. The minimum atomic E-state index is -1.38. The predicted molar refractivity (Wildman–Crippen MR) is 37.9 cm³/mol. The molecule has 0 fully saturated rings. The molecule has 0 radical (unpaired) electrons. The molecule has 2 unspecified atom stereocenters. The third-order valence-corrected chi connectivity index (χ3v) is 1.06. The number of hydrogen-bond acceptors (Lipinski definition) is 5. The Kier molecular flexibility index (Phi) is 5.56. The second-order valence-corrected chi connectivity index (χ2v) is 2.20. The summed E-state index contributed by atoms with van der Waals surface area (Å²) in [5, 5.41) is 16.7. The molecule has 2 N–H and O–H groups in total. The van der Waals surface area contributed by atoms with Gasteiger partial charge in [0.2, 0.25) is 0 Å². The molecule has 72 valence electrons. The number of nitrogens with one attached hydrogen (secondary N) is 1. The summed E-state index contributed by atoms with van der Waals surface area (Å²) < 4.78 is 4.58. The van der Waals surface area contributed by atoms with Crippen LogP contribution in [0.5, 0.6) is 0 Å². The van der Waals surface area contributed by atoms with E-state index in [0.717, 1.165) is 0 Å². The number of quaternary nitrogens is 1. The summed E-state index contributed by atoms with van der Waals surface area (Å²) in [6, 6.07) is 0. The normalized spacial score (nSPS) is 15.3. The van der Waals surface area contributed by atoms with E-state index in [2.05, 4.69) is 9.57 Å². The average Bonchev–Trinajstić information content (AvgIpc) is 1.84. The highest BCUT2D eigenvalue weighted by Gasteiger charge is 2.13. The third-order valence-electron chi connectivity index (χ3n) is 1.06. The lowest BCUT2D eigenvalue weighted by molar-refractivity contribution is -1.21. The van der Waals surface area contributed by atoms with Crippen LogP contribution in [0.3, 0.4) is 0 Å². The topological polar surface area (TPSA) is 83.3 Å². The van der Waals surface area contributed by atoms with Gasteiger partial charge in [-0.1, -0.05) is 5.39 Å². The SMILES string of the molecule is CCOC(=O)CC(C)O[NH+]([O-])O. The Morgan fingerprint density at radius 1 is 1.75 bits per heavy atom. The minimum Gasteiger partial charge on any atom is -0.566 e. The minimum absolute atomic E-state index is 0.0415. The van der Waals surface area contributed by atoms with Crippen molar-refractivity contribution in [2.75, 3.05) is 6.61 Å². The van der Waals surface area contributed by atoms with Crippen molar-refractivity contribution >= 4 is 5.97 Å². The monoisotopic (exact) mass is 179 g/mol. The van der Waals surface area contributed by atoms with Crippen LogP contribution in [0.4, 0.5) is 0 Å². The zero-order valence-electron chi connectivity index (χ0n) is 7.07. The Balaban J connectivity index is 3.54. The summed E-state index contributed by atoms with van der Waals surface area (Å²) >= 11 is 0. The highest BCUT2D eigenvalue weighted by molar-refractivity contribution is 5.69. The molecule has 0 aliphatic carbocycles. The molecule has 0 amide bonds. The third kappa shape index (κ3) is 6.05. The van der Waals surface area contributed by atoms with E-state index in [-0.39, 0.29) is 6.42 Å². The maximum Gasteiger partial charge on any atom is 0.308 e. The molecule has 0 spiro atoms. The van der Waals surface area contributed by atoms with Gasteiger partial charge in [0.05, 0.1) is 13.0 Å². The zero-order chi connectivity index (χ0) is 9.56. The summed E-state index contributed by atoms with van der Waals surface area (Å²) in [4.78, 5) is 15.0. The van der Waals surface area contributed by atoms with E-state index >= 15 is 0 Å². The van der Waals surface area contributed by atoms with Crippen molar-refractivity contribution in [3.63, 3.8) is 0 Å². The Morgan fingerprint density at radius 2 is 2.33 bits per heavy atom. The fraction of sp³-hybridized carbons (Fsp3) is 0.833. The fourth-order valence-electron chi connectivity index (χ4n) is 0.668. The fourth-order valence-corrected chi connectivity index (χ4v) is 0.668. The summed E-state index contributed by atoms with van der Waals surface area (Å²) in [6.45, 7) is 3.46. The van der Waals surface area contributed by atoms with E-state index in [1.165, 1.54) is 6.92 Å². The number of carbonyl (C=O) groups is 1. The quantitative estimate of drug-likeness (QED) is 0.419. The lowest BCUT2D eigenvalue weighted by atomic mass is 10.3. The molecule has 0 aliphatic heterocycles. The van der Waals surface area contributed by atoms with E-state index < -0.39 is 17.5 Å². The Labute approximate surface area is 70.2 Å². The Morgan fingerprint density at radius 3 is 2.75 bits per heavy atom. The van der Waals surface area contributed by atoms with Crippen LogP contribution in [0.25, 0.3) is 0 Å². The molecule has 0 heterocycles. The van der Waals surface area contributed by atoms with E-state index in [4.69, 9.17) is 5.21 Å². The first-order valence-electron chi connectivity index (χ1n) is 3.61. The van der Waals surface area contributed by atoms with Crippen LogP contribution in [-0.2, 0) is 14.4 Å². The van der Waals surface area contributed by atoms with Crippen LogP contribution in [0.15, 0.2) is 0 Å². The van der Waals surface area contributed by atoms with Gasteiger partial charge in [0.15, 0.2) is 0 Å². The highest BCUT2D eigenvalue weighted by atomic mass is 17.1. The van der Waals surface area contributed by atoms with Crippen LogP contribution in [0.1, 0.15) is 20.3 Å². The molecule has 0 bridgehead atoms. The average molecular weight is 179 g/mol. The van der Waals surface area contributed by atoms with E-state index in [9.17, 15) is 10.0 Å². The van der Waals surface area contributed by atoms with Crippen LogP contribution in [-0.4, -0.2) is 23.9 Å². The molecule has 6 heteroatoms. The number of rotatable bonds is 5. The van der Waals surface area contributed by atoms with Gasteiger partial charge in [0.25, 0.3) is 0 Å². The van der Waals surface area contributed by atoms with E-state index in [1.807, 2.05) is 0 Å². The molecule has 0 aliphatic rings. The van der Waals surface area contributed by atoms with Gasteiger partial charge in [-0.05, 0) is 13.8 Å². The number of carbonyl (C=O) groups excluding carboxylic acids is 1.